The number of amides is 1. The summed E-state index contributed by atoms with van der Waals surface area (Å²) in [5.41, 5.74) is 11.5. The van der Waals surface area contributed by atoms with Crippen LogP contribution in [0.2, 0.25) is 0 Å². The summed E-state index contributed by atoms with van der Waals surface area (Å²) >= 11 is 0. The second kappa shape index (κ2) is 5.60. The zero-order chi connectivity index (χ0) is 14.6. The highest BCUT2D eigenvalue weighted by Crippen LogP contribution is 2.26. The van der Waals surface area contributed by atoms with E-state index in [-0.39, 0.29) is 6.54 Å². The van der Waals surface area contributed by atoms with Crippen molar-refractivity contribution in [1.29, 1.82) is 0 Å². The number of esters is 1. The molecule has 5 N–H and O–H groups in total. The van der Waals surface area contributed by atoms with E-state index in [1.807, 2.05) is 0 Å². The molecular formula is C13H19N3O3. The van der Waals surface area contributed by atoms with E-state index < -0.39 is 17.3 Å². The van der Waals surface area contributed by atoms with Crippen molar-refractivity contribution in [3.63, 3.8) is 0 Å². The Kier molecular flexibility index (Phi) is 4.37. The molecule has 1 rings (SSSR count). The fourth-order valence-corrected chi connectivity index (χ4v) is 1.44. The fourth-order valence-electron chi connectivity index (χ4n) is 1.44. The first-order chi connectivity index (χ1) is 8.79. The smallest absolute Gasteiger partial charge is 0.340 e. The van der Waals surface area contributed by atoms with E-state index in [2.05, 4.69) is 10.1 Å². The zero-order valence-corrected chi connectivity index (χ0v) is 11.3. The Bertz CT molecular complexity index is 498. The molecule has 6 nitrogen and oxygen atoms in total. The van der Waals surface area contributed by atoms with Gasteiger partial charge < -0.3 is 21.5 Å². The van der Waals surface area contributed by atoms with Crippen LogP contribution in [0.4, 0.5) is 11.4 Å². The molecule has 19 heavy (non-hydrogen) atoms. The number of hydrogen-bond donors (Lipinski definition) is 3. The lowest BCUT2D eigenvalue weighted by atomic mass is 9.92. The summed E-state index contributed by atoms with van der Waals surface area (Å²) in [5.74, 6) is -0.930. The summed E-state index contributed by atoms with van der Waals surface area (Å²) in [6.45, 7) is 3.68. The van der Waals surface area contributed by atoms with Gasteiger partial charge in [0.05, 0.1) is 29.5 Å². The van der Waals surface area contributed by atoms with Crippen LogP contribution in [-0.4, -0.2) is 25.5 Å². The molecule has 0 aromatic heterocycles. The number of rotatable bonds is 5. The van der Waals surface area contributed by atoms with Crippen LogP contribution >= 0.6 is 0 Å². The maximum absolute atomic E-state index is 11.6. The predicted molar refractivity (Wildman–Crippen MR) is 73.7 cm³/mol. The third-order valence-corrected chi connectivity index (χ3v) is 2.88. The second-order valence-corrected chi connectivity index (χ2v) is 4.86. The molecule has 104 valence electrons. The van der Waals surface area contributed by atoms with Gasteiger partial charge in [-0.3, -0.25) is 4.79 Å². The molecule has 1 aromatic rings. The van der Waals surface area contributed by atoms with Crippen molar-refractivity contribution in [2.75, 3.05) is 24.7 Å². The Labute approximate surface area is 112 Å². The highest BCUT2D eigenvalue weighted by atomic mass is 16.5. The molecule has 0 spiro atoms. The van der Waals surface area contributed by atoms with E-state index in [0.717, 1.165) is 0 Å². The minimum Gasteiger partial charge on any atom is -0.465 e. The van der Waals surface area contributed by atoms with Crippen LogP contribution in [0.1, 0.15) is 24.2 Å². The van der Waals surface area contributed by atoms with Crippen LogP contribution in [0.25, 0.3) is 0 Å². The molecule has 0 fully saturated rings. The van der Waals surface area contributed by atoms with E-state index in [1.165, 1.54) is 7.11 Å². The molecule has 1 aromatic carbocycles. The second-order valence-electron chi connectivity index (χ2n) is 4.86. The molecule has 0 aliphatic rings. The number of benzene rings is 1. The van der Waals surface area contributed by atoms with Crippen molar-refractivity contribution in [3.8, 4) is 0 Å². The van der Waals surface area contributed by atoms with Crippen LogP contribution in [0.5, 0.6) is 0 Å². The SMILES string of the molecule is COC(=O)c1cccc(N)c1NCC(C)(C)C(N)=O. The van der Waals surface area contributed by atoms with E-state index in [4.69, 9.17) is 11.5 Å². The molecule has 0 saturated carbocycles. The average molecular weight is 265 g/mol. The van der Waals surface area contributed by atoms with Crippen LogP contribution in [0, 0.1) is 5.41 Å². The first-order valence-corrected chi connectivity index (χ1v) is 5.80. The topological polar surface area (TPSA) is 107 Å². The minimum atomic E-state index is -0.754. The number of nitrogens with one attached hydrogen (secondary N) is 1. The largest absolute Gasteiger partial charge is 0.465 e. The lowest BCUT2D eigenvalue weighted by Gasteiger charge is -2.23. The van der Waals surface area contributed by atoms with Gasteiger partial charge in [-0.05, 0) is 26.0 Å². The molecule has 0 unspecified atom stereocenters. The van der Waals surface area contributed by atoms with E-state index >= 15 is 0 Å². The molecular weight excluding hydrogens is 246 g/mol. The van der Waals surface area contributed by atoms with Gasteiger partial charge in [0.2, 0.25) is 5.91 Å². The van der Waals surface area contributed by atoms with Crippen molar-refractivity contribution in [2.45, 2.75) is 13.8 Å². The Balaban J connectivity index is 3.01. The number of hydrogen-bond acceptors (Lipinski definition) is 5. The fraction of sp³-hybridized carbons (Fsp3) is 0.385. The van der Waals surface area contributed by atoms with Gasteiger partial charge in [0, 0.05) is 6.54 Å². The summed E-state index contributed by atoms with van der Waals surface area (Å²) < 4.78 is 4.69. The Morgan fingerprint density at radius 2 is 2.00 bits per heavy atom. The Morgan fingerprint density at radius 1 is 1.37 bits per heavy atom. The first kappa shape index (κ1) is 14.8. The maximum atomic E-state index is 11.6. The third kappa shape index (κ3) is 3.37. The van der Waals surface area contributed by atoms with Crippen molar-refractivity contribution in [2.24, 2.45) is 11.1 Å². The lowest BCUT2D eigenvalue weighted by molar-refractivity contribution is -0.125. The quantitative estimate of drug-likeness (QED) is 0.543. The number of ether oxygens (including phenoxy) is 1. The lowest BCUT2D eigenvalue weighted by Crippen LogP contribution is -2.37. The number of para-hydroxylation sites is 1. The van der Waals surface area contributed by atoms with E-state index in [1.54, 1.807) is 32.0 Å². The van der Waals surface area contributed by atoms with Gasteiger partial charge in [0.25, 0.3) is 0 Å². The molecule has 0 radical (unpaired) electrons. The van der Waals surface area contributed by atoms with Gasteiger partial charge in [-0.15, -0.1) is 0 Å². The summed E-state index contributed by atoms with van der Waals surface area (Å²) in [7, 11) is 1.29. The van der Waals surface area contributed by atoms with Gasteiger partial charge in [-0.1, -0.05) is 6.07 Å². The summed E-state index contributed by atoms with van der Waals surface area (Å²) in [6, 6.07) is 4.92. The molecule has 0 aliphatic carbocycles. The molecule has 0 bridgehead atoms. The van der Waals surface area contributed by atoms with Crippen LogP contribution < -0.4 is 16.8 Å². The number of methoxy groups -OCH3 is 1. The number of carbonyl (C=O) groups is 2. The Morgan fingerprint density at radius 3 is 2.53 bits per heavy atom. The van der Waals surface area contributed by atoms with Gasteiger partial charge >= 0.3 is 5.97 Å². The first-order valence-electron chi connectivity index (χ1n) is 5.80. The normalized spacial score (nSPS) is 10.9. The number of primary amides is 1. The number of carbonyl (C=O) groups excluding carboxylic acids is 2. The monoisotopic (exact) mass is 265 g/mol. The maximum Gasteiger partial charge on any atom is 0.340 e. The van der Waals surface area contributed by atoms with Crippen LogP contribution in [-0.2, 0) is 9.53 Å². The highest BCUT2D eigenvalue weighted by Gasteiger charge is 2.25. The molecule has 0 saturated heterocycles. The van der Waals surface area contributed by atoms with Gasteiger partial charge in [-0.2, -0.15) is 0 Å². The average Bonchev–Trinajstić information content (AvgIpc) is 2.35. The van der Waals surface area contributed by atoms with Crippen LogP contribution in [0.15, 0.2) is 18.2 Å². The van der Waals surface area contributed by atoms with Crippen molar-refractivity contribution in [3.05, 3.63) is 23.8 Å². The molecule has 0 atom stereocenters. The Hall–Kier alpha value is -2.24. The van der Waals surface area contributed by atoms with Crippen molar-refractivity contribution in [1.82, 2.24) is 0 Å². The number of nitrogens with two attached hydrogens (primary N) is 2. The third-order valence-electron chi connectivity index (χ3n) is 2.88. The number of anilines is 2. The molecule has 1 amide bonds. The highest BCUT2D eigenvalue weighted by molar-refractivity contribution is 5.98. The van der Waals surface area contributed by atoms with Crippen molar-refractivity contribution >= 4 is 23.3 Å². The molecule has 6 heteroatoms. The van der Waals surface area contributed by atoms with Gasteiger partial charge in [0.15, 0.2) is 0 Å². The van der Waals surface area contributed by atoms with Crippen LogP contribution in [0.3, 0.4) is 0 Å². The summed E-state index contributed by atoms with van der Waals surface area (Å²) in [4.78, 5) is 22.9. The van der Waals surface area contributed by atoms with E-state index in [0.29, 0.717) is 16.9 Å². The summed E-state index contributed by atoms with van der Waals surface area (Å²) in [5, 5.41) is 2.99. The standard InChI is InChI=1S/C13H19N3O3/c1-13(2,12(15)18)7-16-10-8(11(17)19-3)5-4-6-9(10)14/h4-6,16H,7,14H2,1-3H3,(H2,15,18). The van der Waals surface area contributed by atoms with Crippen molar-refractivity contribution < 1.29 is 14.3 Å². The number of nitrogen functional groups attached to an aromatic ring is 1. The minimum absolute atomic E-state index is 0.264. The van der Waals surface area contributed by atoms with E-state index in [9.17, 15) is 9.59 Å². The predicted octanol–water partition coefficient (Wildman–Crippen LogP) is 0.979. The zero-order valence-electron chi connectivity index (χ0n) is 11.3. The van der Waals surface area contributed by atoms with Gasteiger partial charge in [0.1, 0.15) is 0 Å². The molecule has 0 aliphatic heterocycles. The molecule has 0 heterocycles. The van der Waals surface area contributed by atoms with Gasteiger partial charge in [-0.25, -0.2) is 4.79 Å². The summed E-state index contributed by atoms with van der Waals surface area (Å²) in [6.07, 6.45) is 0.